The van der Waals surface area contributed by atoms with Crippen molar-refractivity contribution in [3.8, 4) is 0 Å². The smallest absolute Gasteiger partial charge is 0.156 e. The van der Waals surface area contributed by atoms with Crippen LogP contribution in [0, 0.1) is 5.92 Å². The van der Waals surface area contributed by atoms with Crippen LogP contribution in [0.4, 0.5) is 0 Å². The van der Waals surface area contributed by atoms with Crippen molar-refractivity contribution in [3.63, 3.8) is 0 Å². The molecule has 1 saturated heterocycles. The Morgan fingerprint density at radius 3 is 2.31 bits per heavy atom. The number of sulfone groups is 1. The molecule has 2 rings (SSSR count). The third-order valence-electron chi connectivity index (χ3n) is 3.80. The molecule has 0 radical (unpaired) electrons. The number of ketones is 1. The zero-order valence-corrected chi connectivity index (χ0v) is 10.3. The minimum absolute atomic E-state index is 0.0978. The lowest BCUT2D eigenvalue weighted by Gasteiger charge is -2.26. The highest BCUT2D eigenvalue weighted by Gasteiger charge is 2.43. The van der Waals surface area contributed by atoms with Gasteiger partial charge in [0, 0.05) is 25.6 Å². The molecule has 1 heterocycles. The zero-order chi connectivity index (χ0) is 11.8. The lowest BCUT2D eigenvalue weighted by Crippen LogP contribution is -2.38. The van der Waals surface area contributed by atoms with Gasteiger partial charge in [0.05, 0.1) is 10.5 Å². The molecular formula is C11H18O4S. The van der Waals surface area contributed by atoms with E-state index in [0.717, 1.165) is 0 Å². The molecule has 5 heteroatoms. The van der Waals surface area contributed by atoms with Gasteiger partial charge in [-0.05, 0) is 19.3 Å². The fourth-order valence-corrected chi connectivity index (χ4v) is 5.18. The largest absolute Gasteiger partial charge is 0.381 e. The summed E-state index contributed by atoms with van der Waals surface area (Å²) in [5.41, 5.74) is 0. The molecule has 0 N–H and O–H groups in total. The molecule has 0 aromatic heterocycles. The Hall–Kier alpha value is -0.420. The number of hydrogen-bond acceptors (Lipinski definition) is 4. The van der Waals surface area contributed by atoms with Crippen molar-refractivity contribution in [1.29, 1.82) is 0 Å². The van der Waals surface area contributed by atoms with Crippen LogP contribution < -0.4 is 0 Å². The van der Waals surface area contributed by atoms with Crippen LogP contribution in [0.2, 0.25) is 0 Å². The lowest BCUT2D eigenvalue weighted by molar-refractivity contribution is -0.120. The summed E-state index contributed by atoms with van der Waals surface area (Å²) < 4.78 is 29.8. The van der Waals surface area contributed by atoms with Crippen LogP contribution in [0.3, 0.4) is 0 Å². The number of hydrogen-bond donors (Lipinski definition) is 0. The van der Waals surface area contributed by atoms with Gasteiger partial charge in [-0.2, -0.15) is 0 Å². The molecule has 0 aromatic carbocycles. The maximum atomic E-state index is 12.3. The Kier molecular flexibility index (Phi) is 3.35. The van der Waals surface area contributed by atoms with E-state index in [1.807, 2.05) is 0 Å². The molecule has 1 aliphatic carbocycles. The normalized spacial score (nSPS) is 33.2. The Morgan fingerprint density at radius 1 is 1.19 bits per heavy atom. The second-order valence-corrected chi connectivity index (χ2v) is 7.18. The molecule has 1 saturated carbocycles. The average Bonchev–Trinajstić information content (AvgIpc) is 2.61. The summed E-state index contributed by atoms with van der Waals surface area (Å²) in [5.74, 6) is -0.214. The van der Waals surface area contributed by atoms with Gasteiger partial charge in [0.1, 0.15) is 5.78 Å². The first-order chi connectivity index (χ1) is 7.53. The Labute approximate surface area is 96.3 Å². The maximum absolute atomic E-state index is 12.3. The van der Waals surface area contributed by atoms with Gasteiger partial charge in [0.25, 0.3) is 0 Å². The van der Waals surface area contributed by atoms with Gasteiger partial charge in [-0.1, -0.05) is 6.92 Å². The van der Waals surface area contributed by atoms with E-state index in [-0.39, 0.29) is 17.0 Å². The van der Waals surface area contributed by atoms with E-state index in [1.165, 1.54) is 0 Å². The molecule has 2 fully saturated rings. The predicted octanol–water partition coefficient (Wildman–Crippen LogP) is 0.948. The summed E-state index contributed by atoms with van der Waals surface area (Å²) in [6.07, 6.45) is 2.10. The van der Waals surface area contributed by atoms with Crippen LogP contribution in [-0.2, 0) is 19.4 Å². The number of carbonyl (C=O) groups is 1. The minimum Gasteiger partial charge on any atom is -0.381 e. The highest BCUT2D eigenvalue weighted by Crippen LogP contribution is 2.32. The lowest BCUT2D eigenvalue weighted by atomic mass is 10.1. The van der Waals surface area contributed by atoms with Crippen molar-refractivity contribution >= 4 is 15.6 Å². The van der Waals surface area contributed by atoms with E-state index < -0.39 is 15.1 Å². The van der Waals surface area contributed by atoms with Crippen molar-refractivity contribution in [2.75, 3.05) is 13.2 Å². The van der Waals surface area contributed by atoms with Gasteiger partial charge in [-0.15, -0.1) is 0 Å². The fraction of sp³-hybridized carbons (Fsp3) is 0.909. The summed E-state index contributed by atoms with van der Waals surface area (Å²) in [6, 6.07) is 0. The number of ether oxygens (including phenoxy) is 1. The summed E-state index contributed by atoms with van der Waals surface area (Å²) in [6.45, 7) is 2.80. The van der Waals surface area contributed by atoms with Crippen LogP contribution in [0.15, 0.2) is 0 Å². The van der Waals surface area contributed by atoms with E-state index in [4.69, 9.17) is 4.74 Å². The molecule has 16 heavy (non-hydrogen) atoms. The first kappa shape index (κ1) is 12.0. The second kappa shape index (κ2) is 4.45. The standard InChI is InChI=1S/C11H18O4S/c1-8-10(12)2-3-11(8)16(13,14)9-4-6-15-7-5-9/h8-9,11H,2-7H2,1H3. The van der Waals surface area contributed by atoms with Gasteiger partial charge in [-0.3, -0.25) is 4.79 Å². The van der Waals surface area contributed by atoms with Gasteiger partial charge in [-0.25, -0.2) is 8.42 Å². The van der Waals surface area contributed by atoms with Crippen molar-refractivity contribution in [2.24, 2.45) is 5.92 Å². The first-order valence-corrected chi connectivity index (χ1v) is 7.47. The minimum atomic E-state index is -3.14. The summed E-state index contributed by atoms with van der Waals surface area (Å²) in [7, 11) is -3.14. The summed E-state index contributed by atoms with van der Waals surface area (Å²) in [4.78, 5) is 11.4. The van der Waals surface area contributed by atoms with Crippen LogP contribution in [0.5, 0.6) is 0 Å². The van der Waals surface area contributed by atoms with Crippen LogP contribution in [0.1, 0.15) is 32.6 Å². The maximum Gasteiger partial charge on any atom is 0.156 e. The molecule has 4 nitrogen and oxygen atoms in total. The topological polar surface area (TPSA) is 60.4 Å². The van der Waals surface area contributed by atoms with Crippen LogP contribution in [-0.4, -0.2) is 37.9 Å². The van der Waals surface area contributed by atoms with E-state index in [1.54, 1.807) is 6.92 Å². The van der Waals surface area contributed by atoms with Gasteiger partial charge in [0.15, 0.2) is 9.84 Å². The quantitative estimate of drug-likeness (QED) is 0.727. The van der Waals surface area contributed by atoms with Crippen molar-refractivity contribution in [2.45, 2.75) is 43.1 Å². The SMILES string of the molecule is CC1C(=O)CCC1S(=O)(=O)C1CCOCC1. The summed E-state index contributed by atoms with van der Waals surface area (Å²) >= 11 is 0. The second-order valence-electron chi connectivity index (χ2n) is 4.73. The molecule has 0 bridgehead atoms. The Balaban J connectivity index is 2.15. The number of Topliss-reactive ketones (excluding diaryl/α,β-unsaturated/α-hetero) is 1. The van der Waals surface area contributed by atoms with Crippen molar-refractivity contribution in [3.05, 3.63) is 0 Å². The van der Waals surface area contributed by atoms with Crippen LogP contribution >= 0.6 is 0 Å². The fourth-order valence-electron chi connectivity index (χ4n) is 2.67. The predicted molar refractivity (Wildman–Crippen MR) is 60.0 cm³/mol. The molecule has 2 unspecified atom stereocenters. The number of rotatable bonds is 2. The van der Waals surface area contributed by atoms with Gasteiger partial charge in [0.2, 0.25) is 0 Å². The molecular weight excluding hydrogens is 228 g/mol. The molecule has 0 aromatic rings. The van der Waals surface area contributed by atoms with Crippen LogP contribution in [0.25, 0.3) is 0 Å². The van der Waals surface area contributed by atoms with Crippen molar-refractivity contribution < 1.29 is 17.9 Å². The average molecular weight is 246 g/mol. The van der Waals surface area contributed by atoms with E-state index in [9.17, 15) is 13.2 Å². The monoisotopic (exact) mass is 246 g/mol. The van der Waals surface area contributed by atoms with Gasteiger partial charge < -0.3 is 4.74 Å². The highest BCUT2D eigenvalue weighted by molar-refractivity contribution is 7.92. The molecule has 0 spiro atoms. The third-order valence-corrected chi connectivity index (χ3v) is 6.68. The van der Waals surface area contributed by atoms with Gasteiger partial charge >= 0.3 is 0 Å². The van der Waals surface area contributed by atoms with Crippen molar-refractivity contribution in [1.82, 2.24) is 0 Å². The zero-order valence-electron chi connectivity index (χ0n) is 9.52. The first-order valence-electron chi connectivity index (χ1n) is 5.86. The van der Waals surface area contributed by atoms with E-state index in [2.05, 4.69) is 0 Å². The molecule has 92 valence electrons. The molecule has 2 atom stereocenters. The number of carbonyl (C=O) groups excluding carboxylic acids is 1. The highest BCUT2D eigenvalue weighted by atomic mass is 32.2. The Morgan fingerprint density at radius 2 is 1.81 bits per heavy atom. The van der Waals surface area contributed by atoms with E-state index >= 15 is 0 Å². The molecule has 2 aliphatic rings. The summed E-state index contributed by atoms with van der Waals surface area (Å²) in [5, 5.41) is -0.734. The Bertz CT molecular complexity index is 367. The molecule has 1 aliphatic heterocycles. The third kappa shape index (κ3) is 2.02. The van der Waals surface area contributed by atoms with E-state index in [0.29, 0.717) is 38.9 Å². The molecule has 0 amide bonds.